The Morgan fingerprint density at radius 3 is 1.32 bits per heavy atom. The lowest BCUT2D eigenvalue weighted by atomic mass is 9.78. The van der Waals surface area contributed by atoms with Crippen LogP contribution in [0.15, 0.2) is 146 Å². The average molecular weight is 655 g/mol. The number of rotatable bonds is 7. The van der Waals surface area contributed by atoms with Crippen LogP contribution >= 0.6 is 0 Å². The van der Waals surface area contributed by atoms with Crippen molar-refractivity contribution >= 4 is 35.0 Å². The second-order valence-corrected chi connectivity index (χ2v) is 12.9. The molecule has 0 unspecified atom stereocenters. The van der Waals surface area contributed by atoms with E-state index in [0.717, 1.165) is 16.0 Å². The van der Waals surface area contributed by atoms with Gasteiger partial charge in [0.15, 0.2) is 0 Å². The third-order valence-corrected chi connectivity index (χ3v) is 9.52. The van der Waals surface area contributed by atoms with E-state index in [2.05, 4.69) is 26.0 Å². The summed E-state index contributed by atoms with van der Waals surface area (Å²) in [5.41, 5.74) is 5.32. The van der Waals surface area contributed by atoms with Crippen LogP contribution in [0.3, 0.4) is 0 Å². The van der Waals surface area contributed by atoms with E-state index in [1.807, 2.05) is 60.7 Å². The topological polar surface area (TPSA) is 84.0 Å². The van der Waals surface area contributed by atoms with Crippen molar-refractivity contribution in [1.29, 1.82) is 0 Å². The first-order chi connectivity index (χ1) is 24.2. The first kappa shape index (κ1) is 30.7. The Kier molecular flexibility index (Phi) is 7.26. The van der Waals surface area contributed by atoms with Gasteiger partial charge in [0.25, 0.3) is 23.6 Å². The summed E-state index contributed by atoms with van der Waals surface area (Å²) in [5, 5.41) is 0. The quantitative estimate of drug-likeness (QED) is 0.160. The number of anilines is 2. The van der Waals surface area contributed by atoms with E-state index in [1.165, 1.54) is 4.90 Å². The molecule has 6 aromatic rings. The van der Waals surface area contributed by atoms with E-state index in [0.29, 0.717) is 45.1 Å². The molecule has 0 spiro atoms. The Hall–Kier alpha value is -6.60. The van der Waals surface area contributed by atoms with Crippen molar-refractivity contribution in [3.05, 3.63) is 179 Å². The summed E-state index contributed by atoms with van der Waals surface area (Å²) in [6, 6.07) is 43.9. The maximum Gasteiger partial charge on any atom is 0.266 e. The summed E-state index contributed by atoms with van der Waals surface area (Å²) in [7, 11) is 0. The highest BCUT2D eigenvalue weighted by Gasteiger charge is 2.39. The number of amides is 4. The number of ether oxygens (including phenoxy) is 1. The van der Waals surface area contributed by atoms with Crippen molar-refractivity contribution in [1.82, 2.24) is 0 Å². The lowest BCUT2D eigenvalue weighted by molar-refractivity contribution is 0.0910. The van der Waals surface area contributed by atoms with Crippen LogP contribution in [0.1, 0.15) is 66.4 Å². The lowest BCUT2D eigenvalue weighted by Crippen LogP contribution is -2.29. The molecule has 2 aliphatic heterocycles. The number of fused-ring (bicyclic) bond motifs is 2. The second-order valence-electron chi connectivity index (χ2n) is 12.9. The molecule has 7 heteroatoms. The van der Waals surface area contributed by atoms with Crippen LogP contribution in [0, 0.1) is 0 Å². The van der Waals surface area contributed by atoms with Crippen LogP contribution in [-0.2, 0) is 5.41 Å². The second kappa shape index (κ2) is 11.8. The first-order valence-electron chi connectivity index (χ1n) is 16.3. The molecule has 0 radical (unpaired) electrons. The number of hydrogen-bond donors (Lipinski definition) is 0. The van der Waals surface area contributed by atoms with Crippen LogP contribution < -0.4 is 14.5 Å². The molecule has 8 rings (SSSR count). The number of carbonyl (C=O) groups is 4. The van der Waals surface area contributed by atoms with E-state index in [1.54, 1.807) is 72.8 Å². The molecule has 242 valence electrons. The predicted octanol–water partition coefficient (Wildman–Crippen LogP) is 9.07. The van der Waals surface area contributed by atoms with Gasteiger partial charge in [-0.05, 0) is 95.1 Å². The maximum atomic E-state index is 13.7. The highest BCUT2D eigenvalue weighted by molar-refractivity contribution is 6.35. The number of nitrogens with zero attached hydrogens (tertiary/aromatic N) is 2. The van der Waals surface area contributed by atoms with Crippen LogP contribution in [0.25, 0.3) is 11.1 Å². The fourth-order valence-corrected chi connectivity index (χ4v) is 6.65. The third-order valence-electron chi connectivity index (χ3n) is 9.52. The fraction of sp³-hybridized carbons (Fsp3) is 0.0698. The van der Waals surface area contributed by atoms with Crippen molar-refractivity contribution in [3.63, 3.8) is 0 Å². The number of hydrogen-bond acceptors (Lipinski definition) is 5. The Morgan fingerprint density at radius 1 is 0.420 bits per heavy atom. The van der Waals surface area contributed by atoms with Gasteiger partial charge in [-0.2, -0.15) is 0 Å². The molecule has 2 heterocycles. The molecule has 0 aliphatic carbocycles. The van der Waals surface area contributed by atoms with E-state index in [9.17, 15) is 19.2 Å². The summed E-state index contributed by atoms with van der Waals surface area (Å²) in [4.78, 5) is 56.5. The van der Waals surface area contributed by atoms with Crippen LogP contribution in [-0.4, -0.2) is 23.6 Å². The summed E-state index contributed by atoms with van der Waals surface area (Å²) >= 11 is 0. The molecule has 0 N–H and O–H groups in total. The molecule has 4 amide bonds. The first-order valence-corrected chi connectivity index (χ1v) is 16.3. The maximum absolute atomic E-state index is 13.7. The Balaban J connectivity index is 1.03. The normalized spacial score (nSPS) is 13.9. The van der Waals surface area contributed by atoms with Gasteiger partial charge in [0.1, 0.15) is 11.5 Å². The highest BCUT2D eigenvalue weighted by Crippen LogP contribution is 2.37. The van der Waals surface area contributed by atoms with E-state index in [4.69, 9.17) is 4.74 Å². The van der Waals surface area contributed by atoms with Crippen molar-refractivity contribution in [2.24, 2.45) is 0 Å². The largest absolute Gasteiger partial charge is 0.457 e. The number of benzene rings is 6. The van der Waals surface area contributed by atoms with Gasteiger partial charge in [0, 0.05) is 5.41 Å². The number of carbonyl (C=O) groups excluding carboxylic acids is 4. The predicted molar refractivity (Wildman–Crippen MR) is 192 cm³/mol. The van der Waals surface area contributed by atoms with Gasteiger partial charge in [-0.1, -0.05) is 86.6 Å². The molecule has 50 heavy (non-hydrogen) atoms. The molecule has 0 fully saturated rings. The van der Waals surface area contributed by atoms with E-state index in [-0.39, 0.29) is 16.5 Å². The molecule has 0 saturated heterocycles. The van der Waals surface area contributed by atoms with Gasteiger partial charge < -0.3 is 4.74 Å². The minimum atomic E-state index is -0.443. The molecule has 0 bridgehead atoms. The zero-order valence-electron chi connectivity index (χ0n) is 27.3. The summed E-state index contributed by atoms with van der Waals surface area (Å²) in [6.07, 6.45) is 0. The number of imide groups is 2. The van der Waals surface area contributed by atoms with Crippen LogP contribution in [0.2, 0.25) is 0 Å². The van der Waals surface area contributed by atoms with Gasteiger partial charge >= 0.3 is 0 Å². The van der Waals surface area contributed by atoms with Gasteiger partial charge in [0.2, 0.25) is 0 Å². The van der Waals surface area contributed by atoms with Crippen molar-refractivity contribution in [2.75, 3.05) is 9.80 Å². The smallest absolute Gasteiger partial charge is 0.266 e. The third kappa shape index (κ3) is 5.07. The molecule has 0 saturated carbocycles. The minimum absolute atomic E-state index is 0.264. The van der Waals surface area contributed by atoms with Crippen molar-refractivity contribution in [3.8, 4) is 22.6 Å². The Bertz CT molecular complexity index is 2330. The van der Waals surface area contributed by atoms with Gasteiger partial charge in [-0.3, -0.25) is 19.2 Å². The van der Waals surface area contributed by atoms with Gasteiger partial charge in [-0.25, -0.2) is 9.80 Å². The zero-order valence-corrected chi connectivity index (χ0v) is 27.3. The van der Waals surface area contributed by atoms with Crippen molar-refractivity contribution < 1.29 is 23.9 Å². The lowest BCUT2D eigenvalue weighted by Gasteiger charge is -2.26. The van der Waals surface area contributed by atoms with Gasteiger partial charge in [0.05, 0.1) is 33.6 Å². The highest BCUT2D eigenvalue weighted by atomic mass is 16.5. The molecular weight excluding hydrogens is 624 g/mol. The fourth-order valence-electron chi connectivity index (χ4n) is 6.65. The summed E-state index contributed by atoms with van der Waals surface area (Å²) < 4.78 is 5.85. The zero-order chi connectivity index (χ0) is 34.6. The molecule has 2 aliphatic rings. The average Bonchev–Trinajstić information content (AvgIpc) is 3.55. The SMILES string of the molecule is CC(C)(c1ccccc1)c1ccc(N2C(=O)c3ccc(-c4ccc5c(c4)C(=O)N(c4ccc(Oc6ccccc6)cc4)C5=O)cc3C2=O)cc1. The monoisotopic (exact) mass is 654 g/mol. The van der Waals surface area contributed by atoms with Crippen LogP contribution in [0.5, 0.6) is 11.5 Å². The van der Waals surface area contributed by atoms with E-state index >= 15 is 0 Å². The Morgan fingerprint density at radius 2 is 0.820 bits per heavy atom. The standard InChI is InChI=1S/C43H30N2O5/c1-43(2,29-9-5-3-6-10-29)30-15-17-31(18-16-30)44-39(46)35-23-13-27(25-37(35)41(44)48)28-14-24-36-38(26-28)42(49)45(40(36)47)32-19-21-34(22-20-32)50-33-11-7-4-8-12-33/h3-26H,1-2H3. The molecule has 0 aromatic heterocycles. The summed E-state index contributed by atoms with van der Waals surface area (Å²) in [5.74, 6) is -0.419. The molecule has 7 nitrogen and oxygen atoms in total. The molecule has 0 atom stereocenters. The molecule has 6 aromatic carbocycles. The molecular formula is C43H30N2O5. The van der Waals surface area contributed by atoms with Crippen LogP contribution in [0.4, 0.5) is 11.4 Å². The summed E-state index contributed by atoms with van der Waals surface area (Å²) in [6.45, 7) is 4.28. The Labute approximate surface area is 289 Å². The minimum Gasteiger partial charge on any atom is -0.457 e. The van der Waals surface area contributed by atoms with Crippen molar-refractivity contribution in [2.45, 2.75) is 19.3 Å². The van der Waals surface area contributed by atoms with Gasteiger partial charge in [-0.15, -0.1) is 0 Å². The van der Waals surface area contributed by atoms with E-state index < -0.39 is 23.6 Å². The number of para-hydroxylation sites is 1.